The molecule has 22 heteroatoms. The Kier molecular flexibility index (Phi) is 17.2. The highest BCUT2D eigenvalue weighted by Gasteiger charge is 2.54. The van der Waals surface area contributed by atoms with E-state index in [1.807, 2.05) is 0 Å². The van der Waals surface area contributed by atoms with Gasteiger partial charge in [0.15, 0.2) is 30.4 Å². The molecule has 5 saturated heterocycles. The van der Waals surface area contributed by atoms with Crippen molar-refractivity contribution in [2.24, 2.45) is 11.8 Å². The fraction of sp³-hybridized carbons (Fsp3) is 0.769. The van der Waals surface area contributed by atoms with Gasteiger partial charge in [0.25, 0.3) is 0 Å². The molecule has 5 fully saturated rings. The Balaban J connectivity index is 1.10. The Morgan fingerprint density at radius 3 is 1.85 bits per heavy atom. The summed E-state index contributed by atoms with van der Waals surface area (Å²) in [4.78, 5) is 29.4. The molecule has 0 spiro atoms. The van der Waals surface area contributed by atoms with Crippen LogP contribution >= 0.6 is 0 Å². The Morgan fingerprint density at radius 2 is 1.26 bits per heavy atom. The molecule has 0 unspecified atom stereocenters. The Hall–Kier alpha value is -3.08. The van der Waals surface area contributed by atoms with Crippen LogP contribution < -0.4 is 0 Å². The van der Waals surface area contributed by atoms with E-state index in [9.17, 15) is 61.0 Å². The molecule has 11 N–H and O–H groups in total. The second kappa shape index (κ2) is 22.3. The van der Waals surface area contributed by atoms with Crippen LogP contribution in [-0.4, -0.2) is 209 Å². The van der Waals surface area contributed by atoms with Crippen LogP contribution in [0.4, 0.5) is 0 Å². The predicted molar refractivity (Wildman–Crippen MR) is 256 cm³/mol. The Labute approximate surface area is 428 Å². The summed E-state index contributed by atoms with van der Waals surface area (Å²) >= 11 is 0. The van der Waals surface area contributed by atoms with Crippen LogP contribution in [0.15, 0.2) is 12.1 Å². The normalized spacial score (nSPS) is 43.4. The van der Waals surface area contributed by atoms with Crippen molar-refractivity contribution in [3.63, 3.8) is 0 Å². The summed E-state index contributed by atoms with van der Waals surface area (Å²) in [6, 6.07) is 3.29. The number of hydrogen-bond acceptors (Lipinski definition) is 22. The van der Waals surface area contributed by atoms with E-state index in [1.165, 1.54) is 21.0 Å². The topological polar surface area (TPSA) is 340 Å². The first-order valence-corrected chi connectivity index (χ1v) is 25.7. The molecule has 0 radical (unpaired) electrons. The van der Waals surface area contributed by atoms with Gasteiger partial charge in [0.1, 0.15) is 54.2 Å². The van der Waals surface area contributed by atoms with E-state index in [2.05, 4.69) is 0 Å². The third-order valence-corrected chi connectivity index (χ3v) is 16.4. The highest BCUT2D eigenvalue weighted by Crippen LogP contribution is 2.50. The molecule has 416 valence electrons. The van der Waals surface area contributed by atoms with Crippen molar-refractivity contribution >= 4 is 22.3 Å². The van der Waals surface area contributed by atoms with Crippen LogP contribution in [0.25, 0.3) is 10.8 Å². The van der Waals surface area contributed by atoms with Crippen LogP contribution in [0.3, 0.4) is 0 Å². The van der Waals surface area contributed by atoms with Crippen molar-refractivity contribution in [1.82, 2.24) is 0 Å². The quantitative estimate of drug-likeness (QED) is 0.129. The van der Waals surface area contributed by atoms with Gasteiger partial charge >= 0.3 is 0 Å². The summed E-state index contributed by atoms with van der Waals surface area (Å²) < 4.78 is 54.9. The summed E-state index contributed by atoms with van der Waals surface area (Å²) in [5.74, 6) is -5.00. The number of ketones is 2. The van der Waals surface area contributed by atoms with Crippen molar-refractivity contribution in [2.45, 2.75) is 234 Å². The molecule has 8 rings (SSSR count). The van der Waals surface area contributed by atoms with Gasteiger partial charge in [-0.3, -0.25) is 9.59 Å². The maximum Gasteiger partial charge on any atom is 0.192 e. The van der Waals surface area contributed by atoms with E-state index < -0.39 is 170 Å². The molecule has 2 aromatic carbocycles. The highest BCUT2D eigenvalue weighted by atomic mass is 16.7. The van der Waals surface area contributed by atoms with Gasteiger partial charge in [-0.05, 0) is 96.0 Å². The summed E-state index contributed by atoms with van der Waals surface area (Å²) in [5.41, 5.74) is -0.689. The average Bonchev–Trinajstić information content (AvgIpc) is 3.32. The molecule has 5 aliphatic heterocycles. The lowest BCUT2D eigenvalue weighted by Gasteiger charge is -2.47. The molecule has 2 aromatic rings. The van der Waals surface area contributed by atoms with E-state index in [4.69, 9.17) is 42.6 Å². The lowest BCUT2D eigenvalue weighted by molar-refractivity contribution is -0.327. The number of methoxy groups -OCH3 is 1. The molecule has 74 heavy (non-hydrogen) atoms. The van der Waals surface area contributed by atoms with Gasteiger partial charge in [-0.25, -0.2) is 0 Å². The van der Waals surface area contributed by atoms with Gasteiger partial charge in [0.05, 0.1) is 95.7 Å². The number of aliphatic hydroxyl groups excluding tert-OH is 8. The number of carbonyl (C=O) groups is 2. The Morgan fingerprint density at radius 1 is 0.716 bits per heavy atom. The molecular weight excluding hydrogens is 977 g/mol. The minimum atomic E-state index is -1.92. The first-order chi connectivity index (χ1) is 34.7. The first kappa shape index (κ1) is 57.1. The molecule has 25 atom stereocenters. The fourth-order valence-corrected chi connectivity index (χ4v) is 12.0. The van der Waals surface area contributed by atoms with Crippen LogP contribution in [-0.2, 0) is 53.8 Å². The highest BCUT2D eigenvalue weighted by molar-refractivity contribution is 6.10. The largest absolute Gasteiger partial charge is 0.507 e. The molecule has 6 aliphatic rings. The van der Waals surface area contributed by atoms with E-state index in [-0.39, 0.29) is 66.2 Å². The predicted octanol–water partition coefficient (Wildman–Crippen LogP) is 0.360. The molecule has 0 saturated carbocycles. The number of phenolic OH excluding ortho intramolecular Hbond substituents is 2. The molecular formula is C52H76O22. The van der Waals surface area contributed by atoms with Crippen molar-refractivity contribution in [3.05, 3.63) is 34.4 Å². The number of rotatable bonds is 13. The first-order valence-electron chi connectivity index (χ1n) is 25.7. The van der Waals surface area contributed by atoms with Gasteiger partial charge in [-0.1, -0.05) is 0 Å². The van der Waals surface area contributed by atoms with Crippen LogP contribution in [0.5, 0.6) is 11.5 Å². The number of aliphatic hydroxyl groups is 9. The van der Waals surface area contributed by atoms with E-state index in [0.717, 1.165) is 0 Å². The van der Waals surface area contributed by atoms with Gasteiger partial charge < -0.3 is 98.8 Å². The number of aromatic hydroxyl groups is 2. The second-order valence-corrected chi connectivity index (χ2v) is 21.8. The van der Waals surface area contributed by atoms with Crippen LogP contribution in [0.1, 0.15) is 114 Å². The summed E-state index contributed by atoms with van der Waals surface area (Å²) in [6.45, 7) is 12.3. The van der Waals surface area contributed by atoms with E-state index in [0.29, 0.717) is 11.1 Å². The lowest BCUT2D eigenvalue weighted by Crippen LogP contribution is -2.59. The second-order valence-electron chi connectivity index (χ2n) is 21.8. The van der Waals surface area contributed by atoms with Gasteiger partial charge in [0.2, 0.25) is 0 Å². The van der Waals surface area contributed by atoms with E-state index >= 15 is 4.79 Å². The zero-order valence-electron chi connectivity index (χ0n) is 43.2. The SMILES string of the molecule is CO[C@H](C(=O)[C@H](O)[C@H](C)O)[C@@H]1Cc2cc3cc([C@H]4C[C@@H](O[C@H]5C[C@@H](O)[C@H](O)[C@@H](C)O5)[C@H](O)[C@@H](C)O4)c(C)c(O)c3c(O)c2C(=O)[C@@H]1[C@H]1C[C@@H](O[C@H]2C[C@H](O[C@H]3C[C@](C)(O)[C@H](O)[C@@H](C)O3)[C@@H](O)[C@H](C)O2)[C@H](O)[C@@H](C)O1. The minimum absolute atomic E-state index is 0.0425. The number of phenols is 2. The fourth-order valence-electron chi connectivity index (χ4n) is 12.0. The van der Waals surface area contributed by atoms with Crippen molar-refractivity contribution in [3.8, 4) is 11.5 Å². The number of ether oxygens (including phenoxy) is 9. The van der Waals surface area contributed by atoms with Gasteiger partial charge in [-0.15, -0.1) is 0 Å². The zero-order valence-corrected chi connectivity index (χ0v) is 43.2. The number of benzene rings is 2. The van der Waals surface area contributed by atoms with Crippen LogP contribution in [0, 0.1) is 18.8 Å². The van der Waals surface area contributed by atoms with Gasteiger partial charge in [0, 0.05) is 45.1 Å². The molecule has 5 heterocycles. The minimum Gasteiger partial charge on any atom is -0.507 e. The standard InChI is InChI=1S/C52H76O22/c1-18-27(30-14-32(44(58)21(4)67-30)72-35-13-29(54)43(57)20(3)69-35)11-25-10-26-12-28(50(66-9)49(63)42(56)19(2)53)40(48(62)39(26)47(61)38(25)41(18)55)31-15-33(45(59)22(5)68-31)73-36-16-34(46(60)23(6)70-36)74-37-17-52(8,65)51(64)24(7)71-37/h10-11,19-24,28-37,40,42-46,50-51,53-61,64-65H,12-17H2,1-9H3/t19-,20+,21+,22+,23-,24+,28+,29+,30+,31+,32+,33+,34-,35-,36-,37-,40-,42+,43+,44+,45+,46-,50-,51+,52-/m0/s1. The number of carbonyl (C=O) groups excluding carboxylic acids is 2. The lowest BCUT2D eigenvalue weighted by atomic mass is 9.67. The molecule has 1 aliphatic carbocycles. The Bertz CT molecular complexity index is 2320. The molecule has 0 aromatic heterocycles. The number of hydrogen-bond donors (Lipinski definition) is 11. The van der Waals surface area contributed by atoms with Crippen LogP contribution in [0.2, 0.25) is 0 Å². The summed E-state index contributed by atoms with van der Waals surface area (Å²) in [5, 5.41) is 122. The summed E-state index contributed by atoms with van der Waals surface area (Å²) in [6.07, 6.45) is -24.5. The van der Waals surface area contributed by atoms with Crippen molar-refractivity contribution < 1.29 is 108 Å². The third-order valence-electron chi connectivity index (χ3n) is 16.4. The smallest absolute Gasteiger partial charge is 0.192 e. The maximum atomic E-state index is 15.3. The average molecular weight is 1050 g/mol. The summed E-state index contributed by atoms with van der Waals surface area (Å²) in [7, 11) is 1.22. The molecule has 0 amide bonds. The van der Waals surface area contributed by atoms with Crippen molar-refractivity contribution in [1.29, 1.82) is 0 Å². The number of fused-ring (bicyclic) bond motifs is 2. The molecule has 22 nitrogen and oxygen atoms in total. The van der Waals surface area contributed by atoms with Crippen molar-refractivity contribution in [2.75, 3.05) is 7.11 Å². The zero-order chi connectivity index (χ0) is 54.2. The third kappa shape index (κ3) is 11.0. The maximum absolute atomic E-state index is 15.3. The monoisotopic (exact) mass is 1050 g/mol. The van der Waals surface area contributed by atoms with Gasteiger partial charge in [-0.2, -0.15) is 0 Å². The van der Waals surface area contributed by atoms with E-state index in [1.54, 1.807) is 53.7 Å². The number of Topliss-reactive ketones (excluding diaryl/α,β-unsaturated/α-hetero) is 2. The molecule has 0 bridgehead atoms.